The molecule has 2 nitrogen and oxygen atoms in total. The van der Waals surface area contributed by atoms with Crippen molar-refractivity contribution in [1.82, 2.24) is 0 Å². The van der Waals surface area contributed by atoms with Crippen molar-refractivity contribution in [3.05, 3.63) is 24.3 Å². The lowest BCUT2D eigenvalue weighted by molar-refractivity contribution is 0.342. The van der Waals surface area contributed by atoms with Gasteiger partial charge in [-0.2, -0.15) is 0 Å². The summed E-state index contributed by atoms with van der Waals surface area (Å²) < 4.78 is 0. The largest absolute Gasteiger partial charge is 0.397 e. The summed E-state index contributed by atoms with van der Waals surface area (Å²) >= 11 is 0. The lowest BCUT2D eigenvalue weighted by Gasteiger charge is -2.26. The molecule has 0 amide bonds. The van der Waals surface area contributed by atoms with Gasteiger partial charge in [-0.15, -0.1) is 0 Å². The van der Waals surface area contributed by atoms with Crippen LogP contribution in [-0.4, -0.2) is 6.54 Å². The van der Waals surface area contributed by atoms with Gasteiger partial charge in [0.2, 0.25) is 0 Å². The molecule has 1 rings (SSSR count). The molecule has 0 heterocycles. The molecule has 0 saturated heterocycles. The molecule has 96 valence electrons. The van der Waals surface area contributed by atoms with Crippen LogP contribution in [0.15, 0.2) is 24.3 Å². The summed E-state index contributed by atoms with van der Waals surface area (Å²) in [5, 5.41) is 3.46. The number of rotatable bonds is 7. The van der Waals surface area contributed by atoms with Gasteiger partial charge in [0.1, 0.15) is 0 Å². The average Bonchev–Trinajstić information content (AvgIpc) is 2.28. The summed E-state index contributed by atoms with van der Waals surface area (Å²) in [6.07, 6.45) is 5.20. The quantitative estimate of drug-likeness (QED) is 0.545. The Morgan fingerprint density at radius 3 is 2.53 bits per heavy atom. The highest BCUT2D eigenvalue weighted by Gasteiger charge is 2.17. The Bertz CT molecular complexity index is 331. The molecule has 0 aromatic heterocycles. The summed E-state index contributed by atoms with van der Waals surface area (Å²) in [5.41, 5.74) is 8.12. The topological polar surface area (TPSA) is 38.0 Å². The molecule has 0 aliphatic carbocycles. The van der Waals surface area contributed by atoms with Crippen molar-refractivity contribution < 1.29 is 0 Å². The molecule has 0 aliphatic heterocycles. The summed E-state index contributed by atoms with van der Waals surface area (Å²) in [6.45, 7) is 7.85. The van der Waals surface area contributed by atoms with Gasteiger partial charge < -0.3 is 11.1 Å². The van der Waals surface area contributed by atoms with E-state index in [-0.39, 0.29) is 0 Å². The van der Waals surface area contributed by atoms with Gasteiger partial charge in [-0.25, -0.2) is 0 Å². The van der Waals surface area contributed by atoms with E-state index < -0.39 is 0 Å². The number of unbranched alkanes of at least 4 members (excludes halogenated alkanes) is 2. The van der Waals surface area contributed by atoms with Crippen molar-refractivity contribution in [3.63, 3.8) is 0 Å². The van der Waals surface area contributed by atoms with Crippen molar-refractivity contribution in [2.45, 2.75) is 46.5 Å². The lowest BCUT2D eigenvalue weighted by Crippen LogP contribution is -2.23. The predicted molar refractivity (Wildman–Crippen MR) is 77.3 cm³/mol. The number of para-hydroxylation sites is 2. The first-order chi connectivity index (χ1) is 8.05. The Hall–Kier alpha value is -1.18. The smallest absolute Gasteiger partial charge is 0.0574 e. The maximum Gasteiger partial charge on any atom is 0.0574 e. The van der Waals surface area contributed by atoms with Crippen LogP contribution in [0.1, 0.15) is 46.5 Å². The van der Waals surface area contributed by atoms with E-state index in [1.807, 2.05) is 24.3 Å². The normalized spacial score (nSPS) is 11.5. The highest BCUT2D eigenvalue weighted by atomic mass is 14.9. The molecular weight excluding hydrogens is 208 g/mol. The molecule has 0 unspecified atom stereocenters. The molecule has 0 radical (unpaired) electrons. The maximum absolute atomic E-state index is 5.91. The van der Waals surface area contributed by atoms with Crippen molar-refractivity contribution in [3.8, 4) is 0 Å². The van der Waals surface area contributed by atoms with Crippen LogP contribution in [0.5, 0.6) is 0 Å². The van der Waals surface area contributed by atoms with E-state index in [1.165, 1.54) is 25.7 Å². The molecule has 1 aromatic rings. The Balaban J connectivity index is 2.41. The minimum atomic E-state index is 0.331. The highest BCUT2D eigenvalue weighted by Crippen LogP contribution is 2.25. The Morgan fingerprint density at radius 2 is 1.88 bits per heavy atom. The number of nitrogens with two attached hydrogens (primary N) is 1. The SMILES string of the molecule is CCCCCC(C)(C)CNc1ccccc1N. The number of hydrogen-bond acceptors (Lipinski definition) is 2. The van der Waals surface area contributed by atoms with Gasteiger partial charge in [-0.05, 0) is 24.0 Å². The molecule has 2 heteroatoms. The van der Waals surface area contributed by atoms with Gasteiger partial charge in [0.05, 0.1) is 11.4 Å². The molecule has 1 aromatic carbocycles. The van der Waals surface area contributed by atoms with Gasteiger partial charge in [-0.1, -0.05) is 52.2 Å². The molecule has 17 heavy (non-hydrogen) atoms. The Kier molecular flexibility index (Phi) is 5.33. The van der Waals surface area contributed by atoms with E-state index in [4.69, 9.17) is 5.73 Å². The Morgan fingerprint density at radius 1 is 1.18 bits per heavy atom. The molecule has 3 N–H and O–H groups in total. The maximum atomic E-state index is 5.91. The average molecular weight is 234 g/mol. The number of benzene rings is 1. The number of nitrogens with one attached hydrogen (secondary N) is 1. The summed E-state index contributed by atoms with van der Waals surface area (Å²) in [6, 6.07) is 7.96. The van der Waals surface area contributed by atoms with E-state index in [9.17, 15) is 0 Å². The highest BCUT2D eigenvalue weighted by molar-refractivity contribution is 5.65. The van der Waals surface area contributed by atoms with Gasteiger partial charge in [0.15, 0.2) is 0 Å². The zero-order chi connectivity index (χ0) is 12.7. The minimum absolute atomic E-state index is 0.331. The number of hydrogen-bond donors (Lipinski definition) is 2. The van der Waals surface area contributed by atoms with E-state index in [1.54, 1.807) is 0 Å². The number of anilines is 2. The molecule has 0 saturated carbocycles. The molecule has 0 spiro atoms. The molecule has 0 fully saturated rings. The first kappa shape index (κ1) is 13.9. The second kappa shape index (κ2) is 6.53. The van der Waals surface area contributed by atoms with E-state index in [0.29, 0.717) is 5.41 Å². The number of nitrogen functional groups attached to an aromatic ring is 1. The first-order valence-electron chi connectivity index (χ1n) is 6.63. The summed E-state index contributed by atoms with van der Waals surface area (Å²) in [5.74, 6) is 0. The predicted octanol–water partition coefficient (Wildman–Crippen LogP) is 4.29. The molecule has 0 atom stereocenters. The van der Waals surface area contributed by atoms with Gasteiger partial charge >= 0.3 is 0 Å². The van der Waals surface area contributed by atoms with Crippen LogP contribution >= 0.6 is 0 Å². The third-order valence-electron chi connectivity index (χ3n) is 3.18. The van der Waals surface area contributed by atoms with Crippen LogP contribution < -0.4 is 11.1 Å². The monoisotopic (exact) mass is 234 g/mol. The second-order valence-electron chi connectivity index (χ2n) is 5.56. The standard InChI is InChI=1S/C15H26N2/c1-4-5-8-11-15(2,3)12-17-14-10-7-6-9-13(14)16/h6-7,9-10,17H,4-5,8,11-12,16H2,1-3H3. The van der Waals surface area contributed by atoms with Crippen molar-refractivity contribution in [2.24, 2.45) is 5.41 Å². The Labute approximate surface area is 106 Å². The van der Waals surface area contributed by atoms with Crippen LogP contribution in [0.3, 0.4) is 0 Å². The van der Waals surface area contributed by atoms with Crippen LogP contribution in [0.2, 0.25) is 0 Å². The van der Waals surface area contributed by atoms with Crippen molar-refractivity contribution in [1.29, 1.82) is 0 Å². The minimum Gasteiger partial charge on any atom is -0.397 e. The van der Waals surface area contributed by atoms with E-state index in [2.05, 4.69) is 26.1 Å². The third kappa shape index (κ3) is 5.12. The van der Waals surface area contributed by atoms with Gasteiger partial charge in [0.25, 0.3) is 0 Å². The van der Waals surface area contributed by atoms with Crippen LogP contribution in [-0.2, 0) is 0 Å². The summed E-state index contributed by atoms with van der Waals surface area (Å²) in [4.78, 5) is 0. The van der Waals surface area contributed by atoms with Gasteiger partial charge in [0, 0.05) is 6.54 Å². The molecule has 0 aliphatic rings. The molecular formula is C15H26N2. The fourth-order valence-corrected chi connectivity index (χ4v) is 1.93. The first-order valence-corrected chi connectivity index (χ1v) is 6.63. The van der Waals surface area contributed by atoms with Crippen LogP contribution in [0.25, 0.3) is 0 Å². The summed E-state index contributed by atoms with van der Waals surface area (Å²) in [7, 11) is 0. The zero-order valence-corrected chi connectivity index (χ0v) is 11.4. The second-order valence-corrected chi connectivity index (χ2v) is 5.56. The fraction of sp³-hybridized carbons (Fsp3) is 0.600. The van der Waals surface area contributed by atoms with Crippen molar-refractivity contribution in [2.75, 3.05) is 17.6 Å². The van der Waals surface area contributed by atoms with E-state index in [0.717, 1.165) is 17.9 Å². The molecule has 0 bridgehead atoms. The zero-order valence-electron chi connectivity index (χ0n) is 11.4. The van der Waals surface area contributed by atoms with Gasteiger partial charge in [-0.3, -0.25) is 0 Å². The van der Waals surface area contributed by atoms with Crippen molar-refractivity contribution >= 4 is 11.4 Å². The third-order valence-corrected chi connectivity index (χ3v) is 3.18. The van der Waals surface area contributed by atoms with Crippen LogP contribution in [0, 0.1) is 5.41 Å². The lowest BCUT2D eigenvalue weighted by atomic mass is 9.87. The van der Waals surface area contributed by atoms with Crippen LogP contribution in [0.4, 0.5) is 11.4 Å². The van der Waals surface area contributed by atoms with E-state index >= 15 is 0 Å². The fourth-order valence-electron chi connectivity index (χ4n) is 1.93.